The van der Waals surface area contributed by atoms with Crippen molar-refractivity contribution in [2.75, 3.05) is 11.5 Å². The van der Waals surface area contributed by atoms with Gasteiger partial charge < -0.3 is 0 Å². The Morgan fingerprint density at radius 2 is 0.958 bits per heavy atom. The SMILES string of the molecule is Cc1cccc(C)c1/N=C1\SCCS\C1=N\c1c(C)cccc1C. The van der Waals surface area contributed by atoms with Crippen LogP contribution in [0.15, 0.2) is 46.4 Å². The third kappa shape index (κ3) is 3.76. The molecule has 1 aliphatic heterocycles. The van der Waals surface area contributed by atoms with Crippen molar-refractivity contribution < 1.29 is 0 Å². The van der Waals surface area contributed by atoms with Crippen LogP contribution in [-0.4, -0.2) is 21.6 Å². The van der Waals surface area contributed by atoms with Gasteiger partial charge in [0.25, 0.3) is 0 Å². The van der Waals surface area contributed by atoms with Gasteiger partial charge in [0.2, 0.25) is 0 Å². The van der Waals surface area contributed by atoms with E-state index in [1.165, 1.54) is 22.3 Å². The van der Waals surface area contributed by atoms with E-state index in [0.29, 0.717) is 0 Å². The fourth-order valence-corrected chi connectivity index (χ4v) is 4.78. The van der Waals surface area contributed by atoms with E-state index in [-0.39, 0.29) is 0 Å². The molecule has 1 saturated heterocycles. The van der Waals surface area contributed by atoms with Gasteiger partial charge in [-0.1, -0.05) is 36.4 Å². The molecule has 2 aromatic carbocycles. The molecule has 0 amide bonds. The number of rotatable bonds is 2. The maximum Gasteiger partial charge on any atom is 0.129 e. The number of hydrogen-bond acceptors (Lipinski definition) is 4. The molecule has 0 spiro atoms. The smallest absolute Gasteiger partial charge is 0.129 e. The van der Waals surface area contributed by atoms with Gasteiger partial charge in [-0.2, -0.15) is 0 Å². The molecular weight excluding hydrogens is 332 g/mol. The van der Waals surface area contributed by atoms with Crippen LogP contribution in [0.25, 0.3) is 0 Å². The van der Waals surface area contributed by atoms with Crippen molar-refractivity contribution in [3.05, 3.63) is 58.7 Å². The van der Waals surface area contributed by atoms with Crippen LogP contribution in [0.4, 0.5) is 11.4 Å². The molecule has 0 N–H and O–H groups in total. The van der Waals surface area contributed by atoms with Crippen LogP contribution in [0.2, 0.25) is 0 Å². The van der Waals surface area contributed by atoms with Gasteiger partial charge in [-0.25, -0.2) is 9.98 Å². The molecule has 1 heterocycles. The van der Waals surface area contributed by atoms with Crippen molar-refractivity contribution >= 4 is 45.0 Å². The molecule has 2 aromatic rings. The van der Waals surface area contributed by atoms with Crippen molar-refractivity contribution in [3.8, 4) is 0 Å². The summed E-state index contributed by atoms with van der Waals surface area (Å²) < 4.78 is 0. The number of hydrogen-bond donors (Lipinski definition) is 0. The molecule has 0 bridgehead atoms. The largest absolute Gasteiger partial charge is 0.239 e. The van der Waals surface area contributed by atoms with Gasteiger partial charge in [-0.3, -0.25) is 0 Å². The van der Waals surface area contributed by atoms with Crippen molar-refractivity contribution in [3.63, 3.8) is 0 Å². The van der Waals surface area contributed by atoms with E-state index in [1.807, 2.05) is 23.5 Å². The third-order valence-corrected chi connectivity index (χ3v) is 6.37. The summed E-state index contributed by atoms with van der Waals surface area (Å²) in [5.74, 6) is 2.17. The van der Waals surface area contributed by atoms with Gasteiger partial charge in [0.1, 0.15) is 10.1 Å². The summed E-state index contributed by atoms with van der Waals surface area (Å²) in [6.45, 7) is 8.48. The molecule has 0 unspecified atom stereocenters. The van der Waals surface area contributed by atoms with E-state index >= 15 is 0 Å². The van der Waals surface area contributed by atoms with Gasteiger partial charge >= 0.3 is 0 Å². The normalized spacial score (nSPS) is 18.3. The molecule has 0 atom stereocenters. The lowest BCUT2D eigenvalue weighted by molar-refractivity contribution is 1.33. The summed E-state index contributed by atoms with van der Waals surface area (Å²) in [5, 5.41) is 2.10. The van der Waals surface area contributed by atoms with Crippen LogP contribution < -0.4 is 0 Å². The Balaban J connectivity index is 2.06. The number of nitrogens with zero attached hydrogens (tertiary/aromatic N) is 2. The number of aryl methyl sites for hydroxylation is 4. The van der Waals surface area contributed by atoms with Gasteiger partial charge in [0, 0.05) is 11.5 Å². The van der Waals surface area contributed by atoms with Crippen LogP contribution >= 0.6 is 23.5 Å². The van der Waals surface area contributed by atoms with E-state index in [2.05, 4.69) is 64.1 Å². The van der Waals surface area contributed by atoms with E-state index in [0.717, 1.165) is 33.0 Å². The lowest BCUT2D eigenvalue weighted by atomic mass is 10.1. The predicted octanol–water partition coefficient (Wildman–Crippen LogP) is 6.16. The zero-order chi connectivity index (χ0) is 17.1. The topological polar surface area (TPSA) is 24.7 Å². The summed E-state index contributed by atoms with van der Waals surface area (Å²) in [6.07, 6.45) is 0. The van der Waals surface area contributed by atoms with E-state index in [4.69, 9.17) is 9.98 Å². The minimum absolute atomic E-state index is 1.05. The highest BCUT2D eigenvalue weighted by Crippen LogP contribution is 2.32. The van der Waals surface area contributed by atoms with E-state index in [1.54, 1.807) is 0 Å². The van der Waals surface area contributed by atoms with Crippen molar-refractivity contribution in [2.24, 2.45) is 9.98 Å². The Morgan fingerprint density at radius 1 is 0.625 bits per heavy atom. The quantitative estimate of drug-likeness (QED) is 0.645. The molecule has 0 aromatic heterocycles. The summed E-state index contributed by atoms with van der Waals surface area (Å²) >= 11 is 3.63. The van der Waals surface area contributed by atoms with E-state index < -0.39 is 0 Å². The van der Waals surface area contributed by atoms with Crippen LogP contribution in [0.1, 0.15) is 22.3 Å². The first-order chi connectivity index (χ1) is 11.6. The Bertz CT molecular complexity index is 712. The highest BCUT2D eigenvalue weighted by molar-refractivity contribution is 8.27. The van der Waals surface area contributed by atoms with Crippen molar-refractivity contribution in [1.29, 1.82) is 0 Å². The molecule has 4 heteroatoms. The maximum atomic E-state index is 4.98. The highest BCUT2D eigenvalue weighted by atomic mass is 32.2. The first kappa shape index (κ1) is 17.3. The Hall–Kier alpha value is -1.52. The number of aliphatic imine (C=N–C) groups is 2. The van der Waals surface area contributed by atoms with Crippen molar-refractivity contribution in [1.82, 2.24) is 0 Å². The fraction of sp³-hybridized carbons (Fsp3) is 0.300. The predicted molar refractivity (Wildman–Crippen MR) is 111 cm³/mol. The Labute approximate surface area is 152 Å². The lowest BCUT2D eigenvalue weighted by Crippen LogP contribution is -2.14. The highest BCUT2D eigenvalue weighted by Gasteiger charge is 2.18. The monoisotopic (exact) mass is 354 g/mol. The van der Waals surface area contributed by atoms with Gasteiger partial charge in [0.05, 0.1) is 11.4 Å². The van der Waals surface area contributed by atoms with Gasteiger partial charge in [-0.15, -0.1) is 23.5 Å². The standard InChI is InChI=1S/C20H22N2S2/c1-13-7-5-8-14(2)17(13)21-19-20(24-12-11-23-19)22-18-15(3)9-6-10-16(18)4/h5-10H,11-12H2,1-4H3/b21-19-,22-20+. The molecule has 0 aliphatic carbocycles. The van der Waals surface area contributed by atoms with E-state index in [9.17, 15) is 0 Å². The summed E-state index contributed by atoms with van der Waals surface area (Å²) in [6, 6.07) is 12.7. The second kappa shape index (κ2) is 7.58. The van der Waals surface area contributed by atoms with Crippen LogP contribution in [0.5, 0.6) is 0 Å². The minimum atomic E-state index is 1.05. The second-order valence-electron chi connectivity index (χ2n) is 6.01. The first-order valence-corrected chi connectivity index (χ1v) is 10.1. The van der Waals surface area contributed by atoms with Crippen LogP contribution in [-0.2, 0) is 0 Å². The molecule has 124 valence electrons. The van der Waals surface area contributed by atoms with Gasteiger partial charge in [0.15, 0.2) is 0 Å². The van der Waals surface area contributed by atoms with Crippen LogP contribution in [0, 0.1) is 27.7 Å². The summed E-state index contributed by atoms with van der Waals surface area (Å²) in [4.78, 5) is 9.96. The Kier molecular flexibility index (Phi) is 5.47. The molecular formula is C20H22N2S2. The molecule has 0 saturated carbocycles. The molecule has 24 heavy (non-hydrogen) atoms. The van der Waals surface area contributed by atoms with Crippen LogP contribution in [0.3, 0.4) is 0 Å². The third-order valence-electron chi connectivity index (χ3n) is 4.05. The minimum Gasteiger partial charge on any atom is -0.239 e. The van der Waals surface area contributed by atoms with Crippen molar-refractivity contribution in [2.45, 2.75) is 27.7 Å². The number of para-hydroxylation sites is 2. The summed E-state index contributed by atoms with van der Waals surface area (Å²) in [7, 11) is 0. The average Bonchev–Trinajstić information content (AvgIpc) is 2.56. The zero-order valence-electron chi connectivity index (χ0n) is 14.6. The second-order valence-corrected chi connectivity index (χ2v) is 8.18. The van der Waals surface area contributed by atoms with Gasteiger partial charge in [-0.05, 0) is 49.9 Å². The molecule has 0 radical (unpaired) electrons. The number of benzene rings is 2. The maximum absolute atomic E-state index is 4.98. The first-order valence-electron chi connectivity index (χ1n) is 8.12. The fourth-order valence-electron chi connectivity index (χ4n) is 2.73. The molecule has 1 fully saturated rings. The summed E-state index contributed by atoms with van der Waals surface area (Å²) in [5.41, 5.74) is 7.01. The number of thioether (sulfide) groups is 2. The Morgan fingerprint density at radius 3 is 1.29 bits per heavy atom. The molecule has 1 aliphatic rings. The average molecular weight is 355 g/mol. The molecule has 2 nitrogen and oxygen atoms in total. The zero-order valence-corrected chi connectivity index (χ0v) is 16.2. The molecule has 3 rings (SSSR count). The lowest BCUT2D eigenvalue weighted by Gasteiger charge is -2.17.